The van der Waals surface area contributed by atoms with Gasteiger partial charge in [0.2, 0.25) is 0 Å². The molecule has 0 bridgehead atoms. The molecule has 192 valence electrons. The van der Waals surface area contributed by atoms with E-state index in [2.05, 4.69) is 9.88 Å². The van der Waals surface area contributed by atoms with E-state index in [1.165, 1.54) is 54.9 Å². The first-order valence-electron chi connectivity index (χ1n) is 12.2. The van der Waals surface area contributed by atoms with Crippen LogP contribution in [0.3, 0.4) is 0 Å². The quantitative estimate of drug-likeness (QED) is 0.407. The first kappa shape index (κ1) is 26.1. The minimum absolute atomic E-state index is 0.106. The predicted octanol–water partition coefficient (Wildman–Crippen LogP) is 4.49. The molecule has 1 amide bonds. The van der Waals surface area contributed by atoms with Gasteiger partial charge in [0.25, 0.3) is 5.91 Å². The number of thiazole rings is 1. The smallest absolute Gasteiger partial charge is 0.254 e. The van der Waals surface area contributed by atoms with E-state index in [0.29, 0.717) is 35.8 Å². The van der Waals surface area contributed by atoms with Crippen LogP contribution in [0.25, 0.3) is 0 Å². The number of ether oxygens (including phenoxy) is 2. The Hall–Kier alpha value is -3.01. The Morgan fingerprint density at radius 2 is 1.92 bits per heavy atom. The SMILES string of the molecule is COc1ccc(CN(CCN2CCCCC2)C(=O)c2ccc(F)cc2)cc1OCc1nc(CO)cs1. The number of amides is 1. The number of carbonyl (C=O) groups is 1. The number of benzene rings is 2. The first-order chi connectivity index (χ1) is 17.6. The van der Waals surface area contributed by atoms with E-state index >= 15 is 0 Å². The maximum atomic E-state index is 13.4. The van der Waals surface area contributed by atoms with Crippen LogP contribution in [0.15, 0.2) is 47.8 Å². The van der Waals surface area contributed by atoms with Gasteiger partial charge in [-0.05, 0) is 67.9 Å². The molecule has 1 aliphatic heterocycles. The molecule has 4 rings (SSSR count). The third kappa shape index (κ3) is 7.02. The lowest BCUT2D eigenvalue weighted by Crippen LogP contribution is -2.40. The highest BCUT2D eigenvalue weighted by Gasteiger charge is 2.20. The number of methoxy groups -OCH3 is 1. The van der Waals surface area contributed by atoms with Gasteiger partial charge in [-0.15, -0.1) is 11.3 Å². The zero-order chi connectivity index (χ0) is 25.3. The lowest BCUT2D eigenvalue weighted by atomic mass is 10.1. The second-order valence-corrected chi connectivity index (χ2v) is 9.74. The number of piperidine rings is 1. The molecule has 1 aromatic heterocycles. The number of nitrogens with zero attached hydrogens (tertiary/aromatic N) is 3. The second-order valence-electron chi connectivity index (χ2n) is 8.80. The number of aliphatic hydroxyl groups excluding tert-OH is 1. The van der Waals surface area contributed by atoms with Crippen LogP contribution >= 0.6 is 11.3 Å². The van der Waals surface area contributed by atoms with E-state index in [-0.39, 0.29) is 24.9 Å². The van der Waals surface area contributed by atoms with Crippen molar-refractivity contribution in [2.75, 3.05) is 33.3 Å². The number of halogens is 1. The van der Waals surface area contributed by atoms with Gasteiger partial charge in [-0.2, -0.15) is 0 Å². The van der Waals surface area contributed by atoms with Crippen LogP contribution in [0.5, 0.6) is 11.5 Å². The van der Waals surface area contributed by atoms with Gasteiger partial charge < -0.3 is 24.4 Å². The van der Waals surface area contributed by atoms with Crippen LogP contribution in [-0.4, -0.2) is 59.1 Å². The molecule has 9 heteroatoms. The van der Waals surface area contributed by atoms with Crippen molar-refractivity contribution in [1.29, 1.82) is 0 Å². The Kier molecular flexibility index (Phi) is 9.27. The Morgan fingerprint density at radius 1 is 1.14 bits per heavy atom. The fourth-order valence-corrected chi connectivity index (χ4v) is 4.95. The maximum Gasteiger partial charge on any atom is 0.254 e. The molecule has 1 fully saturated rings. The first-order valence-corrected chi connectivity index (χ1v) is 13.0. The summed E-state index contributed by atoms with van der Waals surface area (Å²) in [5.74, 6) is 0.641. The van der Waals surface area contributed by atoms with Gasteiger partial charge in [0.1, 0.15) is 17.4 Å². The average Bonchev–Trinajstić information content (AvgIpc) is 3.39. The van der Waals surface area contributed by atoms with Crippen LogP contribution < -0.4 is 9.47 Å². The van der Waals surface area contributed by atoms with E-state index < -0.39 is 0 Å². The summed E-state index contributed by atoms with van der Waals surface area (Å²) in [7, 11) is 1.58. The van der Waals surface area contributed by atoms with Gasteiger partial charge in [0, 0.05) is 30.6 Å². The van der Waals surface area contributed by atoms with Crippen molar-refractivity contribution in [3.8, 4) is 11.5 Å². The topological polar surface area (TPSA) is 75.1 Å². The number of likely N-dealkylation sites (tertiary alicyclic amines) is 1. The highest BCUT2D eigenvalue weighted by molar-refractivity contribution is 7.09. The minimum atomic E-state index is -0.366. The normalized spacial score (nSPS) is 14.0. The Labute approximate surface area is 215 Å². The average molecular weight is 514 g/mol. The fraction of sp³-hybridized carbons (Fsp3) is 0.407. The lowest BCUT2D eigenvalue weighted by Gasteiger charge is -2.30. The molecule has 36 heavy (non-hydrogen) atoms. The van der Waals surface area contributed by atoms with Gasteiger partial charge in [-0.1, -0.05) is 12.5 Å². The number of aliphatic hydroxyl groups is 1. The monoisotopic (exact) mass is 513 g/mol. The van der Waals surface area contributed by atoms with E-state index in [9.17, 15) is 14.3 Å². The van der Waals surface area contributed by atoms with Crippen molar-refractivity contribution >= 4 is 17.2 Å². The standard InChI is InChI=1S/C27H32FN3O4S/c1-34-24-10-5-20(15-25(24)35-18-26-29-23(17-32)19-36-26)16-31(14-13-30-11-3-2-4-12-30)27(33)21-6-8-22(28)9-7-21/h5-10,15,19,32H,2-4,11-14,16-18H2,1H3. The van der Waals surface area contributed by atoms with Gasteiger partial charge in [0.05, 0.1) is 19.4 Å². The van der Waals surface area contributed by atoms with Gasteiger partial charge >= 0.3 is 0 Å². The molecule has 0 atom stereocenters. The highest BCUT2D eigenvalue weighted by Crippen LogP contribution is 2.30. The van der Waals surface area contributed by atoms with Gasteiger partial charge in [-0.25, -0.2) is 9.37 Å². The summed E-state index contributed by atoms with van der Waals surface area (Å²) in [5, 5.41) is 11.8. The molecular weight excluding hydrogens is 481 g/mol. The number of hydrogen-bond acceptors (Lipinski definition) is 7. The summed E-state index contributed by atoms with van der Waals surface area (Å²) in [6.07, 6.45) is 3.62. The molecule has 0 aliphatic carbocycles. The molecule has 1 aliphatic rings. The number of carbonyl (C=O) groups excluding carboxylic acids is 1. The molecule has 2 aromatic carbocycles. The Bertz CT molecular complexity index is 1130. The van der Waals surface area contributed by atoms with Crippen molar-refractivity contribution in [3.05, 3.63) is 75.5 Å². The molecule has 7 nitrogen and oxygen atoms in total. The zero-order valence-electron chi connectivity index (χ0n) is 20.5. The zero-order valence-corrected chi connectivity index (χ0v) is 21.3. The molecule has 0 unspecified atom stereocenters. The highest BCUT2D eigenvalue weighted by atomic mass is 32.1. The number of hydrogen-bond donors (Lipinski definition) is 1. The molecular formula is C27H32FN3O4S. The third-order valence-corrected chi connectivity index (χ3v) is 7.10. The van der Waals surface area contributed by atoms with Crippen LogP contribution in [0.1, 0.15) is 45.9 Å². The molecule has 0 saturated carbocycles. The lowest BCUT2D eigenvalue weighted by molar-refractivity contribution is 0.0715. The van der Waals surface area contributed by atoms with E-state index in [1.807, 2.05) is 23.1 Å². The molecule has 1 saturated heterocycles. The van der Waals surface area contributed by atoms with Crippen molar-refractivity contribution in [1.82, 2.24) is 14.8 Å². The third-order valence-electron chi connectivity index (χ3n) is 6.23. The summed E-state index contributed by atoms with van der Waals surface area (Å²) < 4.78 is 24.9. The summed E-state index contributed by atoms with van der Waals surface area (Å²) >= 11 is 1.42. The van der Waals surface area contributed by atoms with E-state index in [1.54, 1.807) is 12.5 Å². The van der Waals surface area contributed by atoms with Crippen molar-refractivity contribution in [2.24, 2.45) is 0 Å². The van der Waals surface area contributed by atoms with E-state index in [0.717, 1.165) is 30.2 Å². The Balaban J connectivity index is 1.50. The van der Waals surface area contributed by atoms with Gasteiger partial charge in [0.15, 0.2) is 11.5 Å². The molecule has 0 radical (unpaired) electrons. The summed E-state index contributed by atoms with van der Waals surface area (Å²) in [4.78, 5) is 21.9. The fourth-order valence-electron chi connectivity index (χ4n) is 4.25. The van der Waals surface area contributed by atoms with Crippen molar-refractivity contribution < 1.29 is 23.8 Å². The maximum absolute atomic E-state index is 13.4. The van der Waals surface area contributed by atoms with E-state index in [4.69, 9.17) is 9.47 Å². The van der Waals surface area contributed by atoms with Crippen LogP contribution in [0.4, 0.5) is 4.39 Å². The molecule has 0 spiro atoms. The molecule has 2 heterocycles. The van der Waals surface area contributed by atoms with Crippen LogP contribution in [0.2, 0.25) is 0 Å². The summed E-state index contributed by atoms with van der Waals surface area (Å²) in [5.41, 5.74) is 1.97. The largest absolute Gasteiger partial charge is 0.493 e. The number of rotatable bonds is 11. The minimum Gasteiger partial charge on any atom is -0.493 e. The number of aromatic nitrogens is 1. The van der Waals surface area contributed by atoms with Gasteiger partial charge in [-0.3, -0.25) is 4.79 Å². The van der Waals surface area contributed by atoms with Crippen molar-refractivity contribution in [2.45, 2.75) is 39.0 Å². The molecule has 1 N–H and O–H groups in total. The van der Waals surface area contributed by atoms with Crippen LogP contribution in [-0.2, 0) is 19.8 Å². The summed E-state index contributed by atoms with van der Waals surface area (Å²) in [6.45, 7) is 3.99. The van der Waals surface area contributed by atoms with Crippen LogP contribution in [0, 0.1) is 5.82 Å². The Morgan fingerprint density at radius 3 is 2.61 bits per heavy atom. The van der Waals surface area contributed by atoms with Crippen molar-refractivity contribution in [3.63, 3.8) is 0 Å². The molecule has 3 aromatic rings. The summed E-state index contributed by atoms with van der Waals surface area (Å²) in [6, 6.07) is 11.3. The predicted molar refractivity (Wildman–Crippen MR) is 137 cm³/mol. The second kappa shape index (κ2) is 12.8.